The van der Waals surface area contributed by atoms with Crippen molar-refractivity contribution in [3.05, 3.63) is 129 Å². The molecular formula is C47H43Cl5N8O8. The van der Waals surface area contributed by atoms with Crippen molar-refractivity contribution >= 4 is 127 Å². The highest BCUT2D eigenvalue weighted by Gasteiger charge is 2.27. The van der Waals surface area contributed by atoms with E-state index in [0.29, 0.717) is 39.6 Å². The minimum Gasteiger partial charge on any atom is -0.495 e. The molecule has 0 aliphatic rings. The van der Waals surface area contributed by atoms with Crippen LogP contribution in [0.4, 0.5) is 34.1 Å². The molecule has 4 atom stereocenters. The molecule has 0 spiro atoms. The van der Waals surface area contributed by atoms with E-state index in [1.54, 1.807) is 50.2 Å². The first-order valence-electron chi connectivity index (χ1n) is 20.3. The maximum atomic E-state index is 13.5. The molecule has 354 valence electrons. The number of amides is 4. The normalized spacial score (nSPS) is 13.0. The van der Waals surface area contributed by atoms with Crippen LogP contribution in [0.15, 0.2) is 111 Å². The van der Waals surface area contributed by atoms with Gasteiger partial charge in [0.05, 0.1) is 57.5 Å². The van der Waals surface area contributed by atoms with Crippen LogP contribution in [0.3, 0.4) is 0 Å². The molecule has 0 bridgehead atoms. The number of benzene rings is 5. The summed E-state index contributed by atoms with van der Waals surface area (Å²) < 4.78 is 10.8. The van der Waals surface area contributed by atoms with Gasteiger partial charge in [0.15, 0.2) is 11.6 Å². The Kier molecular flexibility index (Phi) is 18.6. The van der Waals surface area contributed by atoms with Crippen molar-refractivity contribution in [3.63, 3.8) is 0 Å². The van der Waals surface area contributed by atoms with Crippen molar-refractivity contribution in [1.29, 1.82) is 0 Å². The maximum absolute atomic E-state index is 13.5. The SMILES string of the molecule is COc1cccc(C(C)Cl)c1NC(=O)c1cccc(N=NC(C(C)=O)C(=O)Nc2ccc(NC(=O)C(N=Nc3cccc(C(=O)Nc4c(OC)cccc4C(C)Cl)c3Cl)C(C)=O)c(CCl)c2)c1Cl. The van der Waals surface area contributed by atoms with Gasteiger partial charge in [-0.2, -0.15) is 20.5 Å². The van der Waals surface area contributed by atoms with E-state index in [2.05, 4.69) is 41.7 Å². The number of ether oxygens (including phenoxy) is 2. The Bertz CT molecular complexity index is 2820. The molecule has 0 fully saturated rings. The van der Waals surface area contributed by atoms with Crippen LogP contribution in [0.1, 0.15) is 75.9 Å². The number of nitrogens with zero attached hydrogens (tertiary/aromatic N) is 4. The summed E-state index contributed by atoms with van der Waals surface area (Å²) in [6, 6.07) is 20.1. The number of carbonyl (C=O) groups is 6. The van der Waals surface area contributed by atoms with Crippen LogP contribution in [-0.2, 0) is 25.1 Å². The average molecular weight is 1030 g/mol. The van der Waals surface area contributed by atoms with Gasteiger partial charge in [-0.05, 0) is 99.0 Å². The van der Waals surface area contributed by atoms with Crippen LogP contribution in [0.2, 0.25) is 10.0 Å². The Morgan fingerprint density at radius 1 is 0.588 bits per heavy atom. The summed E-state index contributed by atoms with van der Waals surface area (Å²) in [6.07, 6.45) is 0. The Morgan fingerprint density at radius 2 is 1.01 bits per heavy atom. The lowest BCUT2D eigenvalue weighted by Gasteiger charge is -2.17. The third kappa shape index (κ3) is 12.8. The Morgan fingerprint density at radius 3 is 1.41 bits per heavy atom. The number of Topliss-reactive ketones (excluding diaryl/α,β-unsaturated/α-hetero) is 2. The van der Waals surface area contributed by atoms with Gasteiger partial charge in [-0.15, -0.1) is 34.8 Å². The largest absolute Gasteiger partial charge is 0.495 e. The third-order valence-corrected chi connectivity index (χ3v) is 11.5. The topological polar surface area (TPSA) is 218 Å². The van der Waals surface area contributed by atoms with E-state index in [0.717, 1.165) is 13.8 Å². The summed E-state index contributed by atoms with van der Waals surface area (Å²) in [5.74, 6) is -3.71. The van der Waals surface area contributed by atoms with Crippen LogP contribution in [0.5, 0.6) is 11.5 Å². The number of hydrogen-bond donors (Lipinski definition) is 4. The smallest absolute Gasteiger partial charge is 0.258 e. The molecule has 5 aromatic carbocycles. The number of methoxy groups -OCH3 is 2. The van der Waals surface area contributed by atoms with E-state index < -0.39 is 58.0 Å². The number of halogens is 5. The van der Waals surface area contributed by atoms with Gasteiger partial charge in [0.25, 0.3) is 23.6 Å². The fraction of sp³-hybridized carbons (Fsp3) is 0.234. The first-order valence-corrected chi connectivity index (χ1v) is 22.5. The van der Waals surface area contributed by atoms with E-state index in [1.165, 1.54) is 68.8 Å². The summed E-state index contributed by atoms with van der Waals surface area (Å²) in [5, 5.41) is 25.7. The second-order valence-corrected chi connectivity index (χ2v) is 17.0. The lowest BCUT2D eigenvalue weighted by Crippen LogP contribution is -2.32. The number of azo groups is 2. The van der Waals surface area contributed by atoms with Crippen LogP contribution < -0.4 is 30.7 Å². The highest BCUT2D eigenvalue weighted by molar-refractivity contribution is 6.37. The quantitative estimate of drug-likeness (QED) is 0.0353. The number of hydrogen-bond acceptors (Lipinski definition) is 12. The monoisotopic (exact) mass is 1020 g/mol. The minimum atomic E-state index is -1.65. The first kappa shape index (κ1) is 52.5. The Balaban J connectivity index is 1.28. The molecule has 5 aromatic rings. The summed E-state index contributed by atoms with van der Waals surface area (Å²) in [6.45, 7) is 5.77. The van der Waals surface area contributed by atoms with Gasteiger partial charge in [0.1, 0.15) is 22.9 Å². The molecule has 5 rings (SSSR count). The fourth-order valence-electron chi connectivity index (χ4n) is 6.47. The Hall–Kier alpha value is -6.43. The van der Waals surface area contributed by atoms with Gasteiger partial charge in [-0.25, -0.2) is 0 Å². The molecule has 0 saturated heterocycles. The molecule has 0 radical (unpaired) electrons. The molecule has 16 nitrogen and oxygen atoms in total. The number of carbonyl (C=O) groups excluding carboxylic acids is 6. The summed E-state index contributed by atoms with van der Waals surface area (Å²) in [7, 11) is 2.90. The lowest BCUT2D eigenvalue weighted by atomic mass is 10.1. The molecule has 0 heterocycles. The minimum absolute atomic E-state index is 0.00214. The van der Waals surface area contributed by atoms with E-state index in [1.807, 2.05) is 0 Å². The van der Waals surface area contributed by atoms with Crippen LogP contribution in [0.25, 0.3) is 0 Å². The predicted molar refractivity (Wildman–Crippen MR) is 265 cm³/mol. The second-order valence-electron chi connectivity index (χ2n) is 14.7. The van der Waals surface area contributed by atoms with E-state index in [9.17, 15) is 28.8 Å². The van der Waals surface area contributed by atoms with Gasteiger partial charge < -0.3 is 30.7 Å². The number of nitrogens with one attached hydrogen (secondary N) is 4. The van der Waals surface area contributed by atoms with Crippen molar-refractivity contribution in [2.24, 2.45) is 20.5 Å². The second kappa shape index (κ2) is 24.0. The highest BCUT2D eigenvalue weighted by atomic mass is 35.5. The number of anilines is 4. The highest BCUT2D eigenvalue weighted by Crippen LogP contribution is 2.38. The van der Waals surface area contributed by atoms with Crippen molar-refractivity contribution in [3.8, 4) is 11.5 Å². The molecular weight excluding hydrogens is 982 g/mol. The van der Waals surface area contributed by atoms with Crippen molar-refractivity contribution < 1.29 is 38.2 Å². The molecule has 68 heavy (non-hydrogen) atoms. The number of ketones is 2. The molecule has 0 aromatic heterocycles. The summed E-state index contributed by atoms with van der Waals surface area (Å²) in [4.78, 5) is 79.1. The zero-order valence-corrected chi connectivity index (χ0v) is 40.9. The van der Waals surface area contributed by atoms with Gasteiger partial charge in [0, 0.05) is 17.3 Å². The van der Waals surface area contributed by atoms with Gasteiger partial charge in [0.2, 0.25) is 12.1 Å². The summed E-state index contributed by atoms with van der Waals surface area (Å²) >= 11 is 32.1. The molecule has 0 aliphatic heterocycles. The Labute approximate surface area is 416 Å². The number of para-hydroxylation sites is 2. The van der Waals surface area contributed by atoms with Crippen LogP contribution in [0, 0.1) is 0 Å². The lowest BCUT2D eigenvalue weighted by molar-refractivity contribution is -0.127. The zero-order valence-electron chi connectivity index (χ0n) is 37.1. The molecule has 4 amide bonds. The van der Waals surface area contributed by atoms with E-state index >= 15 is 0 Å². The zero-order chi connectivity index (χ0) is 49.8. The molecule has 4 unspecified atom stereocenters. The standard InChI is InChI=1S/C47H43Cl5N8O8/c1-23(49)29-11-9-17-36(67-5)42(29)55-44(63)31-13-7-15-34(38(31)51)57-59-40(25(3)61)46(65)53-28-19-20-33(27(21-28)22-48)54-47(66)41(26(4)62)60-58-35-16-8-14-32(39(35)52)45(64)56-43-30(24(2)50)12-10-18-37(43)68-6/h7-21,23-24,40-41H,22H2,1-6H3,(H,53,65)(H,54,66)(H,55,63)(H,56,64). The molecule has 0 aliphatic carbocycles. The van der Waals surface area contributed by atoms with Crippen molar-refractivity contribution in [1.82, 2.24) is 0 Å². The van der Waals surface area contributed by atoms with Crippen molar-refractivity contribution in [2.45, 2.75) is 56.4 Å². The van der Waals surface area contributed by atoms with Crippen LogP contribution >= 0.6 is 58.0 Å². The van der Waals surface area contributed by atoms with Crippen LogP contribution in [-0.4, -0.2) is 61.5 Å². The molecule has 4 N–H and O–H groups in total. The third-order valence-electron chi connectivity index (χ3n) is 9.94. The number of rotatable bonds is 19. The number of alkyl halides is 3. The summed E-state index contributed by atoms with van der Waals surface area (Å²) in [5.41, 5.74) is 2.60. The maximum Gasteiger partial charge on any atom is 0.258 e. The van der Waals surface area contributed by atoms with Gasteiger partial charge in [-0.3, -0.25) is 28.8 Å². The van der Waals surface area contributed by atoms with Gasteiger partial charge >= 0.3 is 0 Å². The van der Waals surface area contributed by atoms with E-state index in [-0.39, 0.29) is 49.8 Å². The van der Waals surface area contributed by atoms with E-state index in [4.69, 9.17) is 67.5 Å². The average Bonchev–Trinajstić information content (AvgIpc) is 3.30. The predicted octanol–water partition coefficient (Wildman–Crippen LogP) is 12.2. The van der Waals surface area contributed by atoms with Crippen molar-refractivity contribution in [2.75, 3.05) is 35.5 Å². The molecule has 0 saturated carbocycles. The fourth-order valence-corrected chi connectivity index (χ4v) is 7.55. The molecule has 21 heteroatoms. The van der Waals surface area contributed by atoms with Gasteiger partial charge in [-0.1, -0.05) is 59.6 Å². The first-order chi connectivity index (χ1) is 32.4.